The predicted molar refractivity (Wildman–Crippen MR) is 49.6 cm³/mol. The minimum Gasteiger partial charge on any atom is -0.348 e. The van der Waals surface area contributed by atoms with Crippen molar-refractivity contribution < 1.29 is 22.4 Å². The lowest BCUT2D eigenvalue weighted by Crippen LogP contribution is -2.50. The predicted octanol–water partition coefficient (Wildman–Crippen LogP) is 1.15. The van der Waals surface area contributed by atoms with E-state index in [0.29, 0.717) is 13.0 Å². The first-order valence-corrected chi connectivity index (χ1v) is 5.10. The van der Waals surface area contributed by atoms with Gasteiger partial charge in [0.15, 0.2) is 0 Å². The summed E-state index contributed by atoms with van der Waals surface area (Å²) in [7, 11) is 0. The van der Waals surface area contributed by atoms with Crippen molar-refractivity contribution in [2.24, 2.45) is 0 Å². The molecule has 0 bridgehead atoms. The van der Waals surface area contributed by atoms with Crippen LogP contribution in [0.1, 0.15) is 19.3 Å². The third-order valence-corrected chi connectivity index (χ3v) is 2.44. The van der Waals surface area contributed by atoms with Gasteiger partial charge in [0.1, 0.15) is 0 Å². The summed E-state index contributed by atoms with van der Waals surface area (Å²) in [4.78, 5) is 11.3. The number of carbonyl (C=O) groups excluding carboxylic acids is 1. The van der Waals surface area contributed by atoms with Gasteiger partial charge in [-0.3, -0.25) is 4.79 Å². The Labute approximate surface area is 90.6 Å². The molecule has 0 aromatic carbocycles. The number of nitrogens with one attached hydrogen (secondary N) is 2. The van der Waals surface area contributed by atoms with E-state index >= 15 is 0 Å². The molecule has 0 aromatic rings. The summed E-state index contributed by atoms with van der Waals surface area (Å²) in [6.07, 6.45) is -1.45. The number of alkyl halides is 4. The molecule has 0 spiro atoms. The van der Waals surface area contributed by atoms with Crippen molar-refractivity contribution in [1.29, 1.82) is 0 Å². The summed E-state index contributed by atoms with van der Waals surface area (Å²) in [5.41, 5.74) is 0. The van der Waals surface area contributed by atoms with Gasteiger partial charge in [0.2, 0.25) is 5.91 Å². The standard InChI is InChI=1S/C9H14F4N2O/c10-8(11)9(12,13)5-15-7(16)6-3-1-2-4-14-6/h6,8,14H,1-5H2,(H,15,16)/t6-/m1/s1. The Balaban J connectivity index is 2.34. The smallest absolute Gasteiger partial charge is 0.324 e. The molecule has 0 aromatic heterocycles. The van der Waals surface area contributed by atoms with E-state index in [-0.39, 0.29) is 0 Å². The van der Waals surface area contributed by atoms with Crippen molar-refractivity contribution >= 4 is 5.91 Å². The molecule has 7 heteroatoms. The van der Waals surface area contributed by atoms with Crippen molar-refractivity contribution in [3.63, 3.8) is 0 Å². The number of rotatable bonds is 4. The van der Waals surface area contributed by atoms with Crippen molar-refractivity contribution in [3.8, 4) is 0 Å². The lowest BCUT2D eigenvalue weighted by Gasteiger charge is -2.23. The Kier molecular flexibility index (Phi) is 4.52. The summed E-state index contributed by atoms with van der Waals surface area (Å²) in [5, 5.41) is 4.68. The maximum Gasteiger partial charge on any atom is 0.324 e. The minimum absolute atomic E-state index is 0.540. The minimum atomic E-state index is -4.16. The number of hydrogen-bond donors (Lipinski definition) is 2. The Morgan fingerprint density at radius 3 is 2.62 bits per heavy atom. The average molecular weight is 242 g/mol. The van der Waals surface area contributed by atoms with Gasteiger partial charge in [-0.2, -0.15) is 8.78 Å². The van der Waals surface area contributed by atoms with Gasteiger partial charge in [0, 0.05) is 0 Å². The summed E-state index contributed by atoms with van der Waals surface area (Å²) in [6.45, 7) is -0.676. The maximum atomic E-state index is 12.5. The quantitative estimate of drug-likeness (QED) is 0.726. The molecule has 1 rings (SSSR count). The number of piperidine rings is 1. The van der Waals surface area contributed by atoms with Gasteiger partial charge in [0.05, 0.1) is 12.6 Å². The molecule has 1 aliphatic rings. The van der Waals surface area contributed by atoms with E-state index in [0.717, 1.165) is 12.8 Å². The van der Waals surface area contributed by atoms with Crippen LogP contribution in [0.4, 0.5) is 17.6 Å². The molecule has 0 aliphatic carbocycles. The Hall–Kier alpha value is -0.850. The second-order valence-electron chi connectivity index (χ2n) is 3.78. The molecule has 16 heavy (non-hydrogen) atoms. The molecule has 3 nitrogen and oxygen atoms in total. The van der Waals surface area contributed by atoms with Crippen molar-refractivity contribution in [2.45, 2.75) is 37.7 Å². The van der Waals surface area contributed by atoms with Crippen LogP contribution < -0.4 is 10.6 Å². The van der Waals surface area contributed by atoms with Crippen LogP contribution in [0, 0.1) is 0 Å². The summed E-state index contributed by atoms with van der Waals surface area (Å²) in [5.74, 6) is -4.80. The summed E-state index contributed by atoms with van der Waals surface area (Å²) < 4.78 is 48.6. The molecule has 1 amide bonds. The highest BCUT2D eigenvalue weighted by molar-refractivity contribution is 5.81. The highest BCUT2D eigenvalue weighted by Crippen LogP contribution is 2.21. The van der Waals surface area contributed by atoms with Crippen LogP contribution in [-0.4, -0.2) is 37.4 Å². The first kappa shape index (κ1) is 13.2. The topological polar surface area (TPSA) is 41.1 Å². The van der Waals surface area contributed by atoms with E-state index in [1.54, 1.807) is 0 Å². The Morgan fingerprint density at radius 1 is 1.44 bits per heavy atom. The second-order valence-corrected chi connectivity index (χ2v) is 3.78. The van der Waals surface area contributed by atoms with Crippen molar-refractivity contribution in [2.75, 3.05) is 13.1 Å². The van der Waals surface area contributed by atoms with Crippen LogP contribution in [0.25, 0.3) is 0 Å². The fourth-order valence-corrected chi connectivity index (χ4v) is 1.48. The zero-order chi connectivity index (χ0) is 12.2. The lowest BCUT2D eigenvalue weighted by atomic mass is 10.0. The first-order chi connectivity index (χ1) is 7.43. The molecule has 1 fully saturated rings. The van der Waals surface area contributed by atoms with Gasteiger partial charge < -0.3 is 10.6 Å². The molecule has 1 saturated heterocycles. The highest BCUT2D eigenvalue weighted by Gasteiger charge is 2.41. The Bertz CT molecular complexity index is 242. The van der Waals surface area contributed by atoms with Gasteiger partial charge in [-0.25, -0.2) is 8.78 Å². The molecule has 2 N–H and O–H groups in total. The van der Waals surface area contributed by atoms with Gasteiger partial charge in [-0.1, -0.05) is 6.42 Å². The lowest BCUT2D eigenvalue weighted by molar-refractivity contribution is -0.137. The average Bonchev–Trinajstić information content (AvgIpc) is 2.27. The molecule has 1 atom stereocenters. The highest BCUT2D eigenvalue weighted by atomic mass is 19.3. The molecule has 1 heterocycles. The van der Waals surface area contributed by atoms with Gasteiger partial charge in [-0.15, -0.1) is 0 Å². The van der Waals surface area contributed by atoms with Crippen LogP contribution in [-0.2, 0) is 4.79 Å². The fraction of sp³-hybridized carbons (Fsp3) is 0.889. The summed E-state index contributed by atoms with van der Waals surface area (Å²) >= 11 is 0. The number of carbonyl (C=O) groups is 1. The monoisotopic (exact) mass is 242 g/mol. The zero-order valence-electron chi connectivity index (χ0n) is 8.61. The van der Waals surface area contributed by atoms with Crippen LogP contribution in [0.15, 0.2) is 0 Å². The molecule has 0 radical (unpaired) electrons. The van der Waals surface area contributed by atoms with E-state index in [4.69, 9.17) is 0 Å². The maximum absolute atomic E-state index is 12.5. The van der Waals surface area contributed by atoms with Crippen LogP contribution in [0.2, 0.25) is 0 Å². The zero-order valence-corrected chi connectivity index (χ0v) is 8.61. The molecular formula is C9H14F4N2O. The van der Waals surface area contributed by atoms with Gasteiger partial charge in [0.25, 0.3) is 0 Å². The Morgan fingerprint density at radius 2 is 2.12 bits per heavy atom. The first-order valence-electron chi connectivity index (χ1n) is 5.10. The number of hydrogen-bond acceptors (Lipinski definition) is 2. The van der Waals surface area contributed by atoms with E-state index in [1.165, 1.54) is 0 Å². The van der Waals surface area contributed by atoms with Crippen LogP contribution in [0.3, 0.4) is 0 Å². The molecular weight excluding hydrogens is 228 g/mol. The molecule has 0 saturated carbocycles. The van der Waals surface area contributed by atoms with Crippen LogP contribution >= 0.6 is 0 Å². The van der Waals surface area contributed by atoms with Crippen LogP contribution in [0.5, 0.6) is 0 Å². The normalized spacial score (nSPS) is 22.2. The number of halogens is 4. The van der Waals surface area contributed by atoms with E-state index < -0.39 is 30.8 Å². The third kappa shape index (κ3) is 3.62. The van der Waals surface area contributed by atoms with E-state index in [1.807, 2.05) is 5.32 Å². The third-order valence-electron chi connectivity index (χ3n) is 2.44. The van der Waals surface area contributed by atoms with E-state index in [2.05, 4.69) is 5.32 Å². The van der Waals surface area contributed by atoms with E-state index in [9.17, 15) is 22.4 Å². The second kappa shape index (κ2) is 5.47. The molecule has 1 aliphatic heterocycles. The molecule has 0 unspecified atom stereocenters. The fourth-order valence-electron chi connectivity index (χ4n) is 1.48. The van der Waals surface area contributed by atoms with Gasteiger partial charge in [-0.05, 0) is 19.4 Å². The van der Waals surface area contributed by atoms with Crippen molar-refractivity contribution in [3.05, 3.63) is 0 Å². The largest absolute Gasteiger partial charge is 0.348 e. The SMILES string of the molecule is O=C(NCC(F)(F)C(F)F)[C@H]1CCCCN1. The number of amides is 1. The van der Waals surface area contributed by atoms with Crippen molar-refractivity contribution in [1.82, 2.24) is 10.6 Å². The molecule has 94 valence electrons. The summed E-state index contributed by atoms with van der Waals surface area (Å²) in [6, 6.07) is -0.540. The van der Waals surface area contributed by atoms with Gasteiger partial charge >= 0.3 is 12.3 Å².